The molecule has 0 heterocycles. The lowest BCUT2D eigenvalue weighted by Gasteiger charge is -2.11. The summed E-state index contributed by atoms with van der Waals surface area (Å²) in [6.45, 7) is 0. The van der Waals surface area contributed by atoms with Crippen molar-refractivity contribution < 1.29 is 14.7 Å². The third-order valence-electron chi connectivity index (χ3n) is 2.58. The standard InChI is InChI=1S/C14H10BrIN2O3/c15-10-3-1-2-4-12(10)18-14(21)17-11-6-5-8(16)7-9(11)13(19)20/h1-7H,(H,19,20)(H2,17,18,21). The number of aromatic carboxylic acids is 1. The van der Waals surface area contributed by atoms with Gasteiger partial charge in [0.2, 0.25) is 0 Å². The van der Waals surface area contributed by atoms with Gasteiger partial charge in [0, 0.05) is 8.04 Å². The maximum atomic E-state index is 12.0. The van der Waals surface area contributed by atoms with Crippen LogP contribution in [0.1, 0.15) is 10.4 Å². The van der Waals surface area contributed by atoms with Crippen LogP contribution in [0.25, 0.3) is 0 Å². The Morgan fingerprint density at radius 3 is 2.38 bits per heavy atom. The highest BCUT2D eigenvalue weighted by Gasteiger charge is 2.13. The van der Waals surface area contributed by atoms with Crippen molar-refractivity contribution in [1.82, 2.24) is 0 Å². The highest BCUT2D eigenvalue weighted by atomic mass is 127. The van der Waals surface area contributed by atoms with E-state index < -0.39 is 12.0 Å². The number of hydrogen-bond donors (Lipinski definition) is 3. The summed E-state index contributed by atoms with van der Waals surface area (Å²) in [5.41, 5.74) is 0.883. The van der Waals surface area contributed by atoms with Gasteiger partial charge in [0.05, 0.1) is 16.9 Å². The van der Waals surface area contributed by atoms with Crippen LogP contribution in [0.15, 0.2) is 46.9 Å². The van der Waals surface area contributed by atoms with E-state index in [9.17, 15) is 9.59 Å². The molecule has 2 aromatic rings. The molecule has 2 aromatic carbocycles. The molecule has 0 unspecified atom stereocenters. The SMILES string of the molecule is O=C(Nc1ccccc1Br)Nc1ccc(I)cc1C(=O)O. The van der Waals surface area contributed by atoms with Crippen molar-refractivity contribution in [2.24, 2.45) is 0 Å². The van der Waals surface area contributed by atoms with Crippen LogP contribution in [0.5, 0.6) is 0 Å². The number of nitrogens with one attached hydrogen (secondary N) is 2. The van der Waals surface area contributed by atoms with Gasteiger partial charge in [0.15, 0.2) is 0 Å². The Balaban J connectivity index is 2.17. The molecular formula is C14H10BrIN2O3. The molecule has 5 nitrogen and oxygen atoms in total. The van der Waals surface area contributed by atoms with Crippen LogP contribution in [-0.2, 0) is 0 Å². The Labute approximate surface area is 143 Å². The number of carbonyl (C=O) groups excluding carboxylic acids is 1. The smallest absolute Gasteiger partial charge is 0.337 e. The molecule has 7 heteroatoms. The van der Waals surface area contributed by atoms with Gasteiger partial charge < -0.3 is 15.7 Å². The van der Waals surface area contributed by atoms with Crippen molar-refractivity contribution in [2.75, 3.05) is 10.6 Å². The van der Waals surface area contributed by atoms with E-state index in [-0.39, 0.29) is 11.3 Å². The van der Waals surface area contributed by atoms with Crippen molar-refractivity contribution in [3.05, 3.63) is 56.1 Å². The summed E-state index contributed by atoms with van der Waals surface area (Å²) in [6, 6.07) is 11.4. The summed E-state index contributed by atoms with van der Waals surface area (Å²) < 4.78 is 1.52. The molecule has 21 heavy (non-hydrogen) atoms. The summed E-state index contributed by atoms with van der Waals surface area (Å²) in [7, 11) is 0. The summed E-state index contributed by atoms with van der Waals surface area (Å²) in [5, 5.41) is 14.3. The maximum absolute atomic E-state index is 12.0. The minimum absolute atomic E-state index is 0.0455. The number of anilines is 2. The second kappa shape index (κ2) is 6.90. The molecule has 108 valence electrons. The summed E-state index contributed by atoms with van der Waals surface area (Å²) in [5.74, 6) is -1.09. The minimum atomic E-state index is -1.09. The number of hydrogen-bond acceptors (Lipinski definition) is 2. The van der Waals surface area contributed by atoms with Crippen LogP contribution in [0, 0.1) is 3.57 Å². The monoisotopic (exact) mass is 460 g/mol. The van der Waals surface area contributed by atoms with Gasteiger partial charge >= 0.3 is 12.0 Å². The number of halogens is 2. The Morgan fingerprint density at radius 2 is 1.71 bits per heavy atom. The number of carboxylic acid groups (broad SMARTS) is 1. The first kappa shape index (κ1) is 15.8. The van der Waals surface area contributed by atoms with Gasteiger partial charge in [-0.05, 0) is 68.9 Å². The van der Waals surface area contributed by atoms with E-state index in [1.54, 1.807) is 30.3 Å². The Hall–Kier alpha value is -1.61. The van der Waals surface area contributed by atoms with Gasteiger partial charge in [-0.25, -0.2) is 9.59 Å². The first-order valence-electron chi connectivity index (χ1n) is 5.83. The third kappa shape index (κ3) is 4.18. The Kier molecular flexibility index (Phi) is 5.18. The fourth-order valence-corrected chi connectivity index (χ4v) is 2.52. The van der Waals surface area contributed by atoms with Crippen molar-refractivity contribution in [2.45, 2.75) is 0 Å². The van der Waals surface area contributed by atoms with E-state index in [4.69, 9.17) is 5.11 Å². The summed E-state index contributed by atoms with van der Waals surface area (Å²) in [4.78, 5) is 23.1. The number of carbonyl (C=O) groups is 2. The highest BCUT2D eigenvalue weighted by Crippen LogP contribution is 2.22. The average Bonchev–Trinajstić information content (AvgIpc) is 2.43. The molecule has 0 saturated carbocycles. The van der Waals surface area contributed by atoms with Crippen LogP contribution in [0.4, 0.5) is 16.2 Å². The van der Waals surface area contributed by atoms with E-state index in [0.717, 1.165) is 8.04 Å². The molecule has 0 spiro atoms. The zero-order valence-electron chi connectivity index (χ0n) is 10.6. The zero-order chi connectivity index (χ0) is 15.4. The Bertz CT molecular complexity index is 706. The number of urea groups is 1. The average molecular weight is 461 g/mol. The molecule has 0 aliphatic carbocycles. The van der Waals surface area contributed by atoms with E-state index in [2.05, 4.69) is 26.6 Å². The molecular weight excluding hydrogens is 451 g/mol. The lowest BCUT2D eigenvalue weighted by molar-refractivity contribution is 0.0698. The molecule has 0 aliphatic heterocycles. The first-order chi connectivity index (χ1) is 9.97. The lowest BCUT2D eigenvalue weighted by Crippen LogP contribution is -2.21. The lowest BCUT2D eigenvalue weighted by atomic mass is 10.2. The number of amides is 2. The van der Waals surface area contributed by atoms with Crippen molar-refractivity contribution in [1.29, 1.82) is 0 Å². The quantitative estimate of drug-likeness (QED) is 0.594. The molecule has 0 bridgehead atoms. The van der Waals surface area contributed by atoms with Gasteiger partial charge in [0.1, 0.15) is 0 Å². The molecule has 0 saturated heterocycles. The van der Waals surface area contributed by atoms with Crippen molar-refractivity contribution >= 4 is 61.9 Å². The zero-order valence-corrected chi connectivity index (χ0v) is 14.3. The van der Waals surface area contributed by atoms with Crippen LogP contribution >= 0.6 is 38.5 Å². The van der Waals surface area contributed by atoms with Crippen LogP contribution in [0.2, 0.25) is 0 Å². The molecule has 0 aromatic heterocycles. The van der Waals surface area contributed by atoms with Crippen LogP contribution < -0.4 is 10.6 Å². The number of rotatable bonds is 3. The van der Waals surface area contributed by atoms with Gasteiger partial charge in [-0.2, -0.15) is 0 Å². The fourth-order valence-electron chi connectivity index (χ4n) is 1.64. The van der Waals surface area contributed by atoms with Gasteiger partial charge in [-0.3, -0.25) is 0 Å². The van der Waals surface area contributed by atoms with E-state index in [0.29, 0.717) is 5.69 Å². The largest absolute Gasteiger partial charge is 0.478 e. The Morgan fingerprint density at radius 1 is 1.05 bits per heavy atom. The van der Waals surface area contributed by atoms with Gasteiger partial charge in [-0.1, -0.05) is 12.1 Å². The van der Waals surface area contributed by atoms with Gasteiger partial charge in [-0.15, -0.1) is 0 Å². The summed E-state index contributed by atoms with van der Waals surface area (Å²) in [6.07, 6.45) is 0. The molecule has 0 radical (unpaired) electrons. The second-order valence-electron chi connectivity index (χ2n) is 4.05. The molecule has 0 aliphatic rings. The van der Waals surface area contributed by atoms with Crippen molar-refractivity contribution in [3.63, 3.8) is 0 Å². The van der Waals surface area contributed by atoms with Crippen LogP contribution in [-0.4, -0.2) is 17.1 Å². The molecule has 3 N–H and O–H groups in total. The van der Waals surface area contributed by atoms with Crippen molar-refractivity contribution in [3.8, 4) is 0 Å². The highest BCUT2D eigenvalue weighted by molar-refractivity contribution is 14.1. The molecule has 0 atom stereocenters. The van der Waals surface area contributed by atoms with Crippen LogP contribution in [0.3, 0.4) is 0 Å². The predicted molar refractivity (Wildman–Crippen MR) is 92.9 cm³/mol. The number of carboxylic acids is 1. The second-order valence-corrected chi connectivity index (χ2v) is 6.15. The fraction of sp³-hybridized carbons (Fsp3) is 0. The molecule has 2 amide bonds. The normalized spacial score (nSPS) is 10.0. The van der Waals surface area contributed by atoms with E-state index in [1.165, 1.54) is 6.07 Å². The first-order valence-corrected chi connectivity index (χ1v) is 7.70. The number of para-hydroxylation sites is 1. The van der Waals surface area contributed by atoms with E-state index in [1.807, 2.05) is 28.7 Å². The van der Waals surface area contributed by atoms with E-state index >= 15 is 0 Å². The molecule has 2 rings (SSSR count). The number of benzene rings is 2. The molecule has 0 fully saturated rings. The third-order valence-corrected chi connectivity index (χ3v) is 3.94. The summed E-state index contributed by atoms with van der Waals surface area (Å²) >= 11 is 5.33. The topological polar surface area (TPSA) is 78.4 Å². The predicted octanol–water partition coefficient (Wildman–Crippen LogP) is 4.40. The minimum Gasteiger partial charge on any atom is -0.478 e. The van der Waals surface area contributed by atoms with Gasteiger partial charge in [0.25, 0.3) is 0 Å². The maximum Gasteiger partial charge on any atom is 0.337 e.